The fraction of sp³-hybridized carbons (Fsp3) is 0.417. The van der Waals surface area contributed by atoms with Crippen molar-refractivity contribution in [3.8, 4) is 0 Å². The van der Waals surface area contributed by atoms with Gasteiger partial charge < -0.3 is 10.1 Å². The third-order valence-electron chi connectivity index (χ3n) is 2.68. The van der Waals surface area contributed by atoms with Crippen LogP contribution in [0.25, 0.3) is 0 Å². The molecule has 5 heteroatoms. The topological polar surface area (TPSA) is 38.3 Å². The van der Waals surface area contributed by atoms with Gasteiger partial charge in [-0.25, -0.2) is 4.79 Å². The van der Waals surface area contributed by atoms with Crippen LogP contribution < -0.4 is 5.32 Å². The number of likely N-dealkylation sites (N-methyl/N-ethyl adjacent to an activating group) is 1. The first-order valence-corrected chi connectivity index (χ1v) is 6.03. The Morgan fingerprint density at radius 2 is 2.06 bits per heavy atom. The van der Waals surface area contributed by atoms with Crippen LogP contribution in [0.2, 0.25) is 10.0 Å². The Bertz CT molecular complexity index is 423. The number of benzene rings is 1. The number of ether oxygens (including phenoxy) is 1. The molecular formula is C12H15Cl2NO2. The number of rotatable bonds is 4. The molecule has 94 valence electrons. The van der Waals surface area contributed by atoms with Crippen molar-refractivity contribution in [2.24, 2.45) is 0 Å². The van der Waals surface area contributed by atoms with Gasteiger partial charge in [0.05, 0.1) is 16.7 Å². The fourth-order valence-electron chi connectivity index (χ4n) is 1.45. The number of carbonyl (C=O) groups excluding carboxylic acids is 1. The van der Waals surface area contributed by atoms with Crippen LogP contribution in [0.3, 0.4) is 0 Å². The van der Waals surface area contributed by atoms with Gasteiger partial charge in [-0.3, -0.25) is 0 Å². The van der Waals surface area contributed by atoms with Crippen molar-refractivity contribution >= 4 is 29.2 Å². The molecule has 0 amide bonds. The lowest BCUT2D eigenvalue weighted by atomic mass is 9.92. The average Bonchev–Trinajstić information content (AvgIpc) is 2.32. The quantitative estimate of drug-likeness (QED) is 0.859. The van der Waals surface area contributed by atoms with E-state index in [1.807, 2.05) is 0 Å². The third kappa shape index (κ3) is 2.92. The predicted octanol–water partition coefficient (Wildman–Crippen LogP) is 2.99. The Hall–Kier alpha value is -0.770. The molecule has 3 nitrogen and oxygen atoms in total. The summed E-state index contributed by atoms with van der Waals surface area (Å²) in [5.41, 5.74) is -0.211. The molecule has 1 N–H and O–H groups in total. The highest BCUT2D eigenvalue weighted by Crippen LogP contribution is 2.29. The van der Waals surface area contributed by atoms with E-state index in [9.17, 15) is 4.79 Å². The molecule has 0 aliphatic carbocycles. The van der Waals surface area contributed by atoms with Gasteiger partial charge in [0.2, 0.25) is 0 Å². The zero-order chi connectivity index (χ0) is 13.1. The second kappa shape index (κ2) is 5.71. The van der Waals surface area contributed by atoms with Crippen molar-refractivity contribution in [2.45, 2.75) is 19.4 Å². The summed E-state index contributed by atoms with van der Waals surface area (Å²) in [5, 5.41) is 3.82. The van der Waals surface area contributed by atoms with Crippen molar-refractivity contribution in [3.63, 3.8) is 0 Å². The summed E-state index contributed by atoms with van der Waals surface area (Å²) < 4.78 is 5.04. The van der Waals surface area contributed by atoms with E-state index in [0.29, 0.717) is 22.2 Å². The molecule has 0 fully saturated rings. The van der Waals surface area contributed by atoms with Crippen molar-refractivity contribution < 1.29 is 9.53 Å². The maximum atomic E-state index is 11.9. The molecule has 0 bridgehead atoms. The van der Waals surface area contributed by atoms with Crippen LogP contribution in [0.1, 0.15) is 19.4 Å². The molecule has 0 aliphatic rings. The van der Waals surface area contributed by atoms with E-state index in [1.54, 1.807) is 39.1 Å². The van der Waals surface area contributed by atoms with Crippen LogP contribution in [-0.2, 0) is 15.1 Å². The summed E-state index contributed by atoms with van der Waals surface area (Å²) in [6.45, 7) is 3.84. The van der Waals surface area contributed by atoms with Crippen molar-refractivity contribution in [1.82, 2.24) is 5.32 Å². The SMILES string of the molecule is CCOC(=O)C(C)(NC)c1ccc(Cl)c(Cl)c1. The van der Waals surface area contributed by atoms with Gasteiger partial charge in [-0.15, -0.1) is 0 Å². The first-order valence-electron chi connectivity index (χ1n) is 5.27. The van der Waals surface area contributed by atoms with E-state index in [0.717, 1.165) is 0 Å². The van der Waals surface area contributed by atoms with Crippen LogP contribution in [0.5, 0.6) is 0 Å². The molecule has 0 saturated heterocycles. The molecule has 0 aromatic heterocycles. The van der Waals surface area contributed by atoms with Gasteiger partial charge in [0.25, 0.3) is 0 Å². The lowest BCUT2D eigenvalue weighted by Gasteiger charge is -2.27. The standard InChI is InChI=1S/C12H15Cl2NO2/c1-4-17-11(16)12(2,15-3)8-5-6-9(13)10(14)7-8/h5-7,15H,4H2,1-3H3. The van der Waals surface area contributed by atoms with Crippen LogP contribution in [-0.4, -0.2) is 19.6 Å². The third-order valence-corrected chi connectivity index (χ3v) is 3.42. The maximum absolute atomic E-state index is 11.9. The van der Waals surface area contributed by atoms with Crippen LogP contribution in [0.15, 0.2) is 18.2 Å². The minimum Gasteiger partial charge on any atom is -0.464 e. The molecule has 17 heavy (non-hydrogen) atoms. The molecule has 1 aromatic rings. The molecule has 0 radical (unpaired) electrons. The Labute approximate surface area is 111 Å². The van der Waals surface area contributed by atoms with Gasteiger partial charge in [0, 0.05) is 0 Å². The number of hydrogen-bond acceptors (Lipinski definition) is 3. The zero-order valence-corrected chi connectivity index (χ0v) is 11.5. The molecule has 0 saturated carbocycles. The fourth-order valence-corrected chi connectivity index (χ4v) is 1.74. The Balaban J connectivity index is 3.15. The minimum absolute atomic E-state index is 0.331. The van der Waals surface area contributed by atoms with Gasteiger partial charge in [0.1, 0.15) is 5.54 Å². The van der Waals surface area contributed by atoms with E-state index in [-0.39, 0.29) is 5.97 Å². The minimum atomic E-state index is -0.926. The van der Waals surface area contributed by atoms with E-state index in [4.69, 9.17) is 27.9 Å². The van der Waals surface area contributed by atoms with Crippen molar-refractivity contribution in [3.05, 3.63) is 33.8 Å². The molecule has 1 unspecified atom stereocenters. The summed E-state index contributed by atoms with van der Waals surface area (Å²) in [7, 11) is 1.69. The highest BCUT2D eigenvalue weighted by molar-refractivity contribution is 6.42. The molecule has 0 aliphatic heterocycles. The highest BCUT2D eigenvalue weighted by Gasteiger charge is 2.35. The molecular weight excluding hydrogens is 261 g/mol. The van der Waals surface area contributed by atoms with E-state index >= 15 is 0 Å². The number of esters is 1. The first-order chi connectivity index (χ1) is 7.95. The summed E-state index contributed by atoms with van der Waals surface area (Å²) in [4.78, 5) is 11.9. The normalized spacial score (nSPS) is 14.2. The molecule has 1 atom stereocenters. The van der Waals surface area contributed by atoms with Gasteiger partial charge in [-0.2, -0.15) is 0 Å². The van der Waals surface area contributed by atoms with Gasteiger partial charge in [0.15, 0.2) is 0 Å². The Morgan fingerprint density at radius 1 is 1.41 bits per heavy atom. The zero-order valence-electron chi connectivity index (χ0n) is 10.0. The molecule has 1 aromatic carbocycles. The van der Waals surface area contributed by atoms with E-state index in [2.05, 4.69) is 5.32 Å². The lowest BCUT2D eigenvalue weighted by molar-refractivity contribution is -0.150. The van der Waals surface area contributed by atoms with E-state index in [1.165, 1.54) is 0 Å². The lowest BCUT2D eigenvalue weighted by Crippen LogP contribution is -2.45. The number of nitrogens with one attached hydrogen (secondary N) is 1. The largest absolute Gasteiger partial charge is 0.464 e. The summed E-state index contributed by atoms with van der Waals surface area (Å²) in [5.74, 6) is -0.346. The number of hydrogen-bond donors (Lipinski definition) is 1. The van der Waals surface area contributed by atoms with Crippen LogP contribution in [0.4, 0.5) is 0 Å². The van der Waals surface area contributed by atoms with Gasteiger partial charge in [-0.05, 0) is 38.6 Å². The van der Waals surface area contributed by atoms with Crippen molar-refractivity contribution in [1.29, 1.82) is 0 Å². The second-order valence-corrected chi connectivity index (χ2v) is 4.54. The average molecular weight is 276 g/mol. The monoisotopic (exact) mass is 275 g/mol. The smallest absolute Gasteiger partial charge is 0.330 e. The summed E-state index contributed by atoms with van der Waals surface area (Å²) in [6.07, 6.45) is 0. The summed E-state index contributed by atoms with van der Waals surface area (Å²) in [6, 6.07) is 5.08. The summed E-state index contributed by atoms with van der Waals surface area (Å²) >= 11 is 11.8. The van der Waals surface area contributed by atoms with Gasteiger partial charge >= 0.3 is 5.97 Å². The molecule has 1 rings (SSSR count). The number of carbonyl (C=O) groups is 1. The first kappa shape index (κ1) is 14.3. The van der Waals surface area contributed by atoms with Gasteiger partial charge in [-0.1, -0.05) is 29.3 Å². The second-order valence-electron chi connectivity index (χ2n) is 3.72. The molecule has 0 spiro atoms. The highest BCUT2D eigenvalue weighted by atomic mass is 35.5. The molecule has 0 heterocycles. The van der Waals surface area contributed by atoms with Crippen LogP contribution in [0, 0.1) is 0 Å². The predicted molar refractivity (Wildman–Crippen MR) is 69.5 cm³/mol. The maximum Gasteiger partial charge on any atom is 0.330 e. The van der Waals surface area contributed by atoms with E-state index < -0.39 is 5.54 Å². The Morgan fingerprint density at radius 3 is 2.53 bits per heavy atom. The van der Waals surface area contributed by atoms with Crippen molar-refractivity contribution in [2.75, 3.05) is 13.7 Å². The van der Waals surface area contributed by atoms with Crippen LogP contribution >= 0.6 is 23.2 Å². The Kier molecular flexibility index (Phi) is 4.80. The number of halogens is 2.